The summed E-state index contributed by atoms with van der Waals surface area (Å²) < 4.78 is 1.97. The minimum atomic E-state index is -0.0597. The van der Waals surface area contributed by atoms with E-state index in [2.05, 4.69) is 18.4 Å². The Balaban J connectivity index is 2.62. The van der Waals surface area contributed by atoms with Crippen molar-refractivity contribution < 1.29 is 4.79 Å². The Labute approximate surface area is 107 Å². The van der Waals surface area contributed by atoms with E-state index in [1.54, 1.807) is 5.01 Å². The molecule has 1 amide bonds. The molecule has 0 atom stereocenters. The summed E-state index contributed by atoms with van der Waals surface area (Å²) in [7, 11) is 5.56. The van der Waals surface area contributed by atoms with Gasteiger partial charge in [-0.25, -0.2) is 5.01 Å². The molecule has 2 rings (SSSR count). The molecule has 0 aliphatic carbocycles. The fourth-order valence-electron chi connectivity index (χ4n) is 2.38. The van der Waals surface area contributed by atoms with Crippen molar-refractivity contribution in [1.29, 1.82) is 0 Å². The minimum absolute atomic E-state index is 0.0597. The molecule has 0 spiro atoms. The number of nitrogens with zero attached hydrogens (tertiary/aromatic N) is 2. The monoisotopic (exact) mass is 245 g/mol. The first kappa shape index (κ1) is 12.6. The van der Waals surface area contributed by atoms with Gasteiger partial charge in [0.1, 0.15) is 5.69 Å². The Kier molecular flexibility index (Phi) is 3.39. The van der Waals surface area contributed by atoms with E-state index in [-0.39, 0.29) is 5.91 Å². The van der Waals surface area contributed by atoms with Gasteiger partial charge >= 0.3 is 0 Å². The van der Waals surface area contributed by atoms with Crippen LogP contribution in [-0.2, 0) is 13.5 Å². The lowest BCUT2D eigenvalue weighted by molar-refractivity contribution is 0.0847. The Morgan fingerprint density at radius 1 is 1.33 bits per heavy atom. The topological polar surface area (TPSA) is 37.3 Å². The maximum absolute atomic E-state index is 12.3. The first-order valence-corrected chi connectivity index (χ1v) is 6.10. The Morgan fingerprint density at radius 2 is 2.00 bits per heavy atom. The van der Waals surface area contributed by atoms with Crippen molar-refractivity contribution in [3.63, 3.8) is 0 Å². The fourth-order valence-corrected chi connectivity index (χ4v) is 2.38. The first-order chi connectivity index (χ1) is 8.56. The van der Waals surface area contributed by atoms with Crippen LogP contribution in [0.5, 0.6) is 0 Å². The van der Waals surface area contributed by atoms with Crippen molar-refractivity contribution >= 4 is 16.8 Å². The summed E-state index contributed by atoms with van der Waals surface area (Å²) in [5.41, 5.74) is 5.75. The lowest BCUT2D eigenvalue weighted by Crippen LogP contribution is -2.37. The van der Waals surface area contributed by atoms with E-state index >= 15 is 0 Å². The van der Waals surface area contributed by atoms with E-state index in [1.807, 2.05) is 43.9 Å². The van der Waals surface area contributed by atoms with E-state index in [9.17, 15) is 4.79 Å². The Morgan fingerprint density at radius 3 is 2.61 bits per heavy atom. The SMILES string of the molecule is CCc1c(C(=O)NN(C)C)n(C)c2ccccc12. The highest BCUT2D eigenvalue weighted by Gasteiger charge is 2.19. The largest absolute Gasteiger partial charge is 0.339 e. The van der Waals surface area contributed by atoms with E-state index in [0.717, 1.165) is 28.6 Å². The summed E-state index contributed by atoms with van der Waals surface area (Å²) in [4.78, 5) is 12.3. The van der Waals surface area contributed by atoms with Gasteiger partial charge in [-0.1, -0.05) is 25.1 Å². The number of carbonyl (C=O) groups is 1. The van der Waals surface area contributed by atoms with E-state index in [1.165, 1.54) is 0 Å². The van der Waals surface area contributed by atoms with Crippen LogP contribution in [0.2, 0.25) is 0 Å². The Bertz CT molecular complexity index is 584. The van der Waals surface area contributed by atoms with Gasteiger partial charge in [-0.15, -0.1) is 0 Å². The molecular weight excluding hydrogens is 226 g/mol. The molecule has 0 aliphatic heterocycles. The maximum Gasteiger partial charge on any atom is 0.282 e. The molecule has 4 heteroatoms. The molecule has 0 aliphatic rings. The smallest absolute Gasteiger partial charge is 0.282 e. The predicted octanol–water partition coefficient (Wildman–Crippen LogP) is 1.95. The molecule has 0 unspecified atom stereocenters. The van der Waals surface area contributed by atoms with Crippen LogP contribution in [-0.4, -0.2) is 29.6 Å². The summed E-state index contributed by atoms with van der Waals surface area (Å²) in [6, 6.07) is 8.12. The Hall–Kier alpha value is -1.81. The molecule has 0 bridgehead atoms. The summed E-state index contributed by atoms with van der Waals surface area (Å²) in [5.74, 6) is -0.0597. The molecule has 1 N–H and O–H groups in total. The number of hydrazine groups is 1. The van der Waals surface area contributed by atoms with Gasteiger partial charge in [0.25, 0.3) is 5.91 Å². The van der Waals surface area contributed by atoms with Crippen LogP contribution < -0.4 is 5.43 Å². The van der Waals surface area contributed by atoms with Gasteiger partial charge in [-0.05, 0) is 18.1 Å². The average molecular weight is 245 g/mol. The third-order valence-electron chi connectivity index (χ3n) is 3.11. The highest BCUT2D eigenvalue weighted by molar-refractivity contribution is 6.01. The number of hydrogen-bond donors (Lipinski definition) is 1. The molecule has 0 saturated carbocycles. The zero-order chi connectivity index (χ0) is 13.3. The van der Waals surface area contributed by atoms with Gasteiger partial charge in [0.2, 0.25) is 0 Å². The van der Waals surface area contributed by atoms with Crippen molar-refractivity contribution in [3.05, 3.63) is 35.5 Å². The van der Waals surface area contributed by atoms with Crippen LogP contribution in [0.1, 0.15) is 23.0 Å². The third-order valence-corrected chi connectivity index (χ3v) is 3.11. The summed E-state index contributed by atoms with van der Waals surface area (Å²) in [5, 5.41) is 2.82. The molecule has 4 nitrogen and oxygen atoms in total. The van der Waals surface area contributed by atoms with Gasteiger partial charge in [-0.3, -0.25) is 10.2 Å². The molecule has 0 saturated heterocycles. The highest BCUT2D eigenvalue weighted by Crippen LogP contribution is 2.25. The number of carbonyl (C=O) groups excluding carboxylic acids is 1. The number of hydrogen-bond acceptors (Lipinski definition) is 2. The van der Waals surface area contributed by atoms with Gasteiger partial charge in [-0.2, -0.15) is 0 Å². The van der Waals surface area contributed by atoms with E-state index in [4.69, 9.17) is 0 Å². The molecule has 96 valence electrons. The molecule has 0 radical (unpaired) electrons. The third kappa shape index (κ3) is 1.99. The van der Waals surface area contributed by atoms with Crippen LogP contribution in [0.25, 0.3) is 10.9 Å². The van der Waals surface area contributed by atoms with Crippen LogP contribution >= 0.6 is 0 Å². The van der Waals surface area contributed by atoms with Gasteiger partial charge in [0.15, 0.2) is 0 Å². The van der Waals surface area contributed by atoms with Crippen LogP contribution in [0.15, 0.2) is 24.3 Å². The predicted molar refractivity (Wildman–Crippen MR) is 73.5 cm³/mol. The average Bonchev–Trinajstić information content (AvgIpc) is 2.62. The van der Waals surface area contributed by atoms with Crippen molar-refractivity contribution in [1.82, 2.24) is 15.0 Å². The number of amides is 1. The molecule has 1 aromatic carbocycles. The lowest BCUT2D eigenvalue weighted by Gasteiger charge is -2.13. The molecule has 0 fully saturated rings. The number of para-hydroxylation sites is 1. The fraction of sp³-hybridized carbons (Fsp3) is 0.357. The van der Waals surface area contributed by atoms with Crippen molar-refractivity contribution in [3.8, 4) is 0 Å². The van der Waals surface area contributed by atoms with Crippen LogP contribution in [0.3, 0.4) is 0 Å². The van der Waals surface area contributed by atoms with E-state index < -0.39 is 0 Å². The second-order valence-corrected chi connectivity index (χ2v) is 4.59. The van der Waals surface area contributed by atoms with Crippen LogP contribution in [0.4, 0.5) is 0 Å². The first-order valence-electron chi connectivity index (χ1n) is 6.10. The summed E-state index contributed by atoms with van der Waals surface area (Å²) >= 11 is 0. The summed E-state index contributed by atoms with van der Waals surface area (Å²) in [6.07, 6.45) is 0.845. The van der Waals surface area contributed by atoms with Gasteiger partial charge in [0, 0.05) is 32.0 Å². The second kappa shape index (κ2) is 4.82. The van der Waals surface area contributed by atoms with Crippen molar-refractivity contribution in [2.24, 2.45) is 7.05 Å². The van der Waals surface area contributed by atoms with Gasteiger partial charge in [0.05, 0.1) is 0 Å². The van der Waals surface area contributed by atoms with E-state index in [0.29, 0.717) is 0 Å². The number of nitrogens with one attached hydrogen (secondary N) is 1. The lowest BCUT2D eigenvalue weighted by atomic mass is 10.1. The second-order valence-electron chi connectivity index (χ2n) is 4.59. The number of rotatable bonds is 3. The number of aromatic nitrogens is 1. The molecule has 2 aromatic rings. The normalized spacial score (nSPS) is 11.2. The number of aryl methyl sites for hydroxylation is 2. The zero-order valence-electron chi connectivity index (χ0n) is 11.3. The zero-order valence-corrected chi connectivity index (χ0v) is 11.3. The summed E-state index contributed by atoms with van der Waals surface area (Å²) in [6.45, 7) is 2.08. The van der Waals surface area contributed by atoms with Crippen LogP contribution in [0, 0.1) is 0 Å². The quantitative estimate of drug-likeness (QED) is 0.839. The highest BCUT2D eigenvalue weighted by atomic mass is 16.2. The molecule has 1 aromatic heterocycles. The van der Waals surface area contributed by atoms with Gasteiger partial charge < -0.3 is 4.57 Å². The van der Waals surface area contributed by atoms with Crippen molar-refractivity contribution in [2.45, 2.75) is 13.3 Å². The standard InChI is InChI=1S/C14H19N3O/c1-5-10-11-8-6-7-9-12(11)17(4)13(10)14(18)15-16(2)3/h6-9H,5H2,1-4H3,(H,15,18). The molecular formula is C14H19N3O. The molecule has 1 heterocycles. The minimum Gasteiger partial charge on any atom is -0.339 e. The van der Waals surface area contributed by atoms with Crippen molar-refractivity contribution in [2.75, 3.05) is 14.1 Å². The number of benzene rings is 1. The molecule has 18 heavy (non-hydrogen) atoms. The number of fused-ring (bicyclic) bond motifs is 1. The maximum atomic E-state index is 12.3.